The minimum Gasteiger partial charge on any atom is -0.449 e. The van der Waals surface area contributed by atoms with Crippen molar-refractivity contribution in [1.29, 1.82) is 0 Å². The molecule has 4 nitrogen and oxygen atoms in total. The summed E-state index contributed by atoms with van der Waals surface area (Å²) < 4.78 is 5.28. The van der Waals surface area contributed by atoms with Crippen LogP contribution in [0.4, 0.5) is 4.79 Å². The van der Waals surface area contributed by atoms with Gasteiger partial charge >= 0.3 is 6.09 Å². The SMILES string of the molecule is CNC1CCN(C(=O)OCC(C)(C)C)CC1. The number of nitrogens with one attached hydrogen (secondary N) is 1. The second-order valence-corrected chi connectivity index (χ2v) is 5.67. The van der Waals surface area contributed by atoms with Gasteiger partial charge in [-0.3, -0.25) is 0 Å². The summed E-state index contributed by atoms with van der Waals surface area (Å²) in [5.74, 6) is 0. The van der Waals surface area contributed by atoms with E-state index in [1.807, 2.05) is 7.05 Å². The minimum absolute atomic E-state index is 0.0406. The summed E-state index contributed by atoms with van der Waals surface area (Å²) in [4.78, 5) is 13.5. The van der Waals surface area contributed by atoms with Gasteiger partial charge in [0.2, 0.25) is 0 Å². The Hall–Kier alpha value is -0.770. The van der Waals surface area contributed by atoms with Crippen LogP contribution in [0.5, 0.6) is 0 Å². The maximum absolute atomic E-state index is 11.7. The highest BCUT2D eigenvalue weighted by atomic mass is 16.6. The van der Waals surface area contributed by atoms with Crippen molar-refractivity contribution in [2.45, 2.75) is 39.7 Å². The molecule has 16 heavy (non-hydrogen) atoms. The van der Waals surface area contributed by atoms with Crippen LogP contribution in [0.3, 0.4) is 0 Å². The Bertz CT molecular complexity index is 228. The molecule has 0 bridgehead atoms. The number of hydrogen-bond donors (Lipinski definition) is 1. The lowest BCUT2D eigenvalue weighted by atomic mass is 9.99. The Kier molecular flexibility index (Phi) is 4.59. The standard InChI is InChI=1S/C12H24N2O2/c1-12(2,3)9-16-11(15)14-7-5-10(13-4)6-8-14/h10,13H,5-9H2,1-4H3. The van der Waals surface area contributed by atoms with Crippen molar-refractivity contribution in [3.8, 4) is 0 Å². The Morgan fingerprint density at radius 3 is 2.38 bits per heavy atom. The van der Waals surface area contributed by atoms with Crippen molar-refractivity contribution in [2.24, 2.45) is 5.41 Å². The zero-order valence-electron chi connectivity index (χ0n) is 10.9. The van der Waals surface area contributed by atoms with Crippen molar-refractivity contribution >= 4 is 6.09 Å². The van der Waals surface area contributed by atoms with E-state index in [4.69, 9.17) is 4.74 Å². The molecular formula is C12H24N2O2. The van der Waals surface area contributed by atoms with Crippen LogP contribution >= 0.6 is 0 Å². The Morgan fingerprint density at radius 1 is 1.38 bits per heavy atom. The third-order valence-electron chi connectivity index (χ3n) is 2.79. The predicted octanol–water partition coefficient (Wildman–Crippen LogP) is 1.85. The predicted molar refractivity (Wildman–Crippen MR) is 64.5 cm³/mol. The Balaban J connectivity index is 2.28. The molecule has 1 aliphatic rings. The average molecular weight is 228 g/mol. The molecule has 1 heterocycles. The monoisotopic (exact) mass is 228 g/mol. The Labute approximate surface area is 98.3 Å². The van der Waals surface area contributed by atoms with E-state index in [0.717, 1.165) is 25.9 Å². The van der Waals surface area contributed by atoms with Crippen LogP contribution in [0.2, 0.25) is 0 Å². The average Bonchev–Trinajstić information content (AvgIpc) is 2.25. The molecule has 0 atom stereocenters. The van der Waals surface area contributed by atoms with E-state index in [0.29, 0.717) is 12.6 Å². The molecule has 1 aliphatic heterocycles. The van der Waals surface area contributed by atoms with Gasteiger partial charge in [0, 0.05) is 19.1 Å². The van der Waals surface area contributed by atoms with E-state index in [2.05, 4.69) is 26.1 Å². The number of rotatable bonds is 2. The lowest BCUT2D eigenvalue weighted by Crippen LogP contribution is -2.44. The molecule has 1 amide bonds. The summed E-state index contributed by atoms with van der Waals surface area (Å²) in [5.41, 5.74) is 0.0406. The maximum atomic E-state index is 11.7. The first-order chi connectivity index (χ1) is 7.42. The topological polar surface area (TPSA) is 41.6 Å². The quantitative estimate of drug-likeness (QED) is 0.784. The minimum atomic E-state index is -0.163. The highest BCUT2D eigenvalue weighted by Gasteiger charge is 2.23. The highest BCUT2D eigenvalue weighted by Crippen LogP contribution is 2.15. The molecule has 1 N–H and O–H groups in total. The van der Waals surface area contributed by atoms with Gasteiger partial charge in [0.05, 0.1) is 6.61 Å². The van der Waals surface area contributed by atoms with Crippen LogP contribution in [0.1, 0.15) is 33.6 Å². The molecule has 4 heteroatoms. The zero-order chi connectivity index (χ0) is 12.2. The molecule has 1 rings (SSSR count). The first kappa shape index (κ1) is 13.3. The lowest BCUT2D eigenvalue weighted by molar-refractivity contribution is 0.0646. The summed E-state index contributed by atoms with van der Waals surface area (Å²) in [5, 5.41) is 3.24. The van der Waals surface area contributed by atoms with E-state index in [9.17, 15) is 4.79 Å². The number of piperidine rings is 1. The van der Waals surface area contributed by atoms with Crippen molar-refractivity contribution in [1.82, 2.24) is 10.2 Å². The first-order valence-electron chi connectivity index (χ1n) is 6.01. The molecule has 0 spiro atoms. The fraction of sp³-hybridized carbons (Fsp3) is 0.917. The molecule has 0 radical (unpaired) electrons. The van der Waals surface area contributed by atoms with Gasteiger partial charge in [-0.1, -0.05) is 20.8 Å². The van der Waals surface area contributed by atoms with Crippen molar-refractivity contribution in [3.05, 3.63) is 0 Å². The normalized spacial score (nSPS) is 18.6. The smallest absolute Gasteiger partial charge is 0.409 e. The molecular weight excluding hydrogens is 204 g/mol. The van der Waals surface area contributed by atoms with E-state index in [-0.39, 0.29) is 11.5 Å². The molecule has 0 aliphatic carbocycles. The van der Waals surface area contributed by atoms with Crippen molar-refractivity contribution in [2.75, 3.05) is 26.7 Å². The van der Waals surface area contributed by atoms with Crippen molar-refractivity contribution < 1.29 is 9.53 Å². The summed E-state index contributed by atoms with van der Waals surface area (Å²) in [6.45, 7) is 8.27. The van der Waals surface area contributed by atoms with Crippen molar-refractivity contribution in [3.63, 3.8) is 0 Å². The number of carbonyl (C=O) groups is 1. The van der Waals surface area contributed by atoms with Gasteiger partial charge in [-0.15, -0.1) is 0 Å². The van der Waals surface area contributed by atoms with Gasteiger partial charge in [0.25, 0.3) is 0 Å². The molecule has 0 aromatic heterocycles. The molecule has 0 unspecified atom stereocenters. The van der Waals surface area contributed by atoms with E-state index >= 15 is 0 Å². The molecule has 0 saturated carbocycles. The fourth-order valence-corrected chi connectivity index (χ4v) is 1.72. The van der Waals surface area contributed by atoms with Gasteiger partial charge in [-0.2, -0.15) is 0 Å². The third-order valence-corrected chi connectivity index (χ3v) is 2.79. The maximum Gasteiger partial charge on any atom is 0.409 e. The number of amides is 1. The highest BCUT2D eigenvalue weighted by molar-refractivity contribution is 5.67. The van der Waals surface area contributed by atoms with Crippen LogP contribution in [-0.4, -0.2) is 43.8 Å². The summed E-state index contributed by atoms with van der Waals surface area (Å²) in [6.07, 6.45) is 1.87. The summed E-state index contributed by atoms with van der Waals surface area (Å²) in [6, 6.07) is 0.548. The number of carbonyl (C=O) groups excluding carboxylic acids is 1. The van der Waals surface area contributed by atoms with Crippen LogP contribution in [0.15, 0.2) is 0 Å². The van der Waals surface area contributed by atoms with Crippen LogP contribution in [0.25, 0.3) is 0 Å². The van der Waals surface area contributed by atoms with Gasteiger partial charge in [0.15, 0.2) is 0 Å². The van der Waals surface area contributed by atoms with Gasteiger partial charge in [0.1, 0.15) is 0 Å². The summed E-state index contributed by atoms with van der Waals surface area (Å²) in [7, 11) is 1.97. The number of nitrogens with zero attached hydrogens (tertiary/aromatic N) is 1. The molecule has 0 aromatic rings. The molecule has 0 aromatic carbocycles. The second kappa shape index (κ2) is 5.53. The lowest BCUT2D eigenvalue weighted by Gasteiger charge is -2.31. The Morgan fingerprint density at radius 2 is 1.94 bits per heavy atom. The molecule has 94 valence electrons. The largest absolute Gasteiger partial charge is 0.449 e. The second-order valence-electron chi connectivity index (χ2n) is 5.67. The van der Waals surface area contributed by atoms with Crippen LogP contribution < -0.4 is 5.32 Å². The molecule has 1 fully saturated rings. The zero-order valence-corrected chi connectivity index (χ0v) is 10.9. The van der Waals surface area contributed by atoms with E-state index in [1.165, 1.54) is 0 Å². The molecule has 1 saturated heterocycles. The van der Waals surface area contributed by atoms with Gasteiger partial charge < -0.3 is 15.0 Å². The van der Waals surface area contributed by atoms with Gasteiger partial charge in [-0.05, 0) is 25.3 Å². The number of hydrogen-bond acceptors (Lipinski definition) is 3. The summed E-state index contributed by atoms with van der Waals surface area (Å²) >= 11 is 0. The van der Waals surface area contributed by atoms with E-state index < -0.39 is 0 Å². The van der Waals surface area contributed by atoms with E-state index in [1.54, 1.807) is 4.90 Å². The number of ether oxygens (including phenoxy) is 1. The van der Waals surface area contributed by atoms with Gasteiger partial charge in [-0.25, -0.2) is 4.79 Å². The first-order valence-corrected chi connectivity index (χ1v) is 6.01. The number of likely N-dealkylation sites (tertiary alicyclic amines) is 1. The third kappa shape index (κ3) is 4.39. The fourth-order valence-electron chi connectivity index (χ4n) is 1.72. The van der Waals surface area contributed by atoms with Crippen LogP contribution in [-0.2, 0) is 4.74 Å². The van der Waals surface area contributed by atoms with Crippen LogP contribution in [0, 0.1) is 5.41 Å².